The van der Waals surface area contributed by atoms with Crippen molar-refractivity contribution in [3.05, 3.63) is 90.3 Å². The first-order valence-corrected chi connectivity index (χ1v) is 13.7. The van der Waals surface area contributed by atoms with Crippen LogP contribution in [-0.4, -0.2) is 43.5 Å². The lowest BCUT2D eigenvalue weighted by Gasteiger charge is -2.11. The highest BCUT2D eigenvalue weighted by molar-refractivity contribution is 7.90. The lowest BCUT2D eigenvalue weighted by molar-refractivity contribution is 0.306. The van der Waals surface area contributed by atoms with E-state index >= 15 is 0 Å². The lowest BCUT2D eigenvalue weighted by Crippen LogP contribution is -2.23. The average Bonchev–Trinajstić information content (AvgIpc) is 2.86. The molecule has 1 heterocycles. The molecule has 0 radical (unpaired) electrons. The van der Waals surface area contributed by atoms with Gasteiger partial charge in [0.15, 0.2) is 0 Å². The molecule has 1 aromatic heterocycles. The molecule has 0 unspecified atom stereocenters. The van der Waals surface area contributed by atoms with Gasteiger partial charge < -0.3 is 15.4 Å². The zero-order valence-electron chi connectivity index (χ0n) is 19.8. The van der Waals surface area contributed by atoms with Gasteiger partial charge in [-0.1, -0.05) is 36.4 Å². The van der Waals surface area contributed by atoms with Crippen molar-refractivity contribution in [3.8, 4) is 5.75 Å². The fraction of sp³-hybridized carbons (Fsp3) is 0.259. The van der Waals surface area contributed by atoms with Gasteiger partial charge in [-0.3, -0.25) is 0 Å². The standard InChI is InChI=1S/C27H30N4O3S/c1-35(32,33)17-16-28-15-5-8-21-9-14-26-25(18-21)27(30-20-29-26)31-23-10-12-24(13-11-23)34-19-22-6-3-2-4-7-22/h2-4,6-7,9-14,18,20,28H,5,8,15-17,19H2,1H3,(H,29,30,31). The zero-order chi connectivity index (χ0) is 24.5. The van der Waals surface area contributed by atoms with Gasteiger partial charge in [0.2, 0.25) is 0 Å². The molecule has 4 rings (SSSR count). The fourth-order valence-corrected chi connectivity index (χ4v) is 4.19. The largest absolute Gasteiger partial charge is 0.489 e. The van der Waals surface area contributed by atoms with Gasteiger partial charge in [0, 0.05) is 23.9 Å². The van der Waals surface area contributed by atoms with Crippen LogP contribution in [0.4, 0.5) is 11.5 Å². The third kappa shape index (κ3) is 7.77. The molecule has 0 spiro atoms. The van der Waals surface area contributed by atoms with Crippen LogP contribution < -0.4 is 15.4 Å². The smallest absolute Gasteiger partial charge is 0.148 e. The highest BCUT2D eigenvalue weighted by atomic mass is 32.2. The van der Waals surface area contributed by atoms with Gasteiger partial charge in [-0.05, 0) is 66.9 Å². The van der Waals surface area contributed by atoms with Crippen LogP contribution in [0.5, 0.6) is 5.75 Å². The number of anilines is 2. The summed E-state index contributed by atoms with van der Waals surface area (Å²) in [6, 6.07) is 24.1. The van der Waals surface area contributed by atoms with E-state index in [0.29, 0.717) is 13.2 Å². The Morgan fingerprint density at radius 2 is 1.69 bits per heavy atom. The summed E-state index contributed by atoms with van der Waals surface area (Å²) in [5.41, 5.74) is 4.10. The summed E-state index contributed by atoms with van der Waals surface area (Å²) < 4.78 is 28.3. The van der Waals surface area contributed by atoms with Gasteiger partial charge in [-0.15, -0.1) is 0 Å². The Morgan fingerprint density at radius 3 is 2.46 bits per heavy atom. The number of ether oxygens (including phenoxy) is 1. The molecule has 0 amide bonds. The van der Waals surface area contributed by atoms with E-state index < -0.39 is 9.84 Å². The lowest BCUT2D eigenvalue weighted by atomic mass is 10.1. The van der Waals surface area contributed by atoms with Crippen LogP contribution in [0.3, 0.4) is 0 Å². The first-order chi connectivity index (χ1) is 17.0. The predicted molar refractivity (Wildman–Crippen MR) is 141 cm³/mol. The minimum atomic E-state index is -2.93. The molecule has 0 saturated heterocycles. The van der Waals surface area contributed by atoms with E-state index in [1.54, 1.807) is 6.33 Å². The van der Waals surface area contributed by atoms with Crippen LogP contribution in [-0.2, 0) is 22.9 Å². The average molecular weight is 491 g/mol. The monoisotopic (exact) mass is 490 g/mol. The molecule has 4 aromatic rings. The van der Waals surface area contributed by atoms with Crippen LogP contribution >= 0.6 is 0 Å². The van der Waals surface area contributed by atoms with E-state index in [9.17, 15) is 8.42 Å². The van der Waals surface area contributed by atoms with E-state index in [-0.39, 0.29) is 5.75 Å². The molecule has 0 saturated carbocycles. The Kier molecular flexibility index (Phi) is 8.28. The van der Waals surface area contributed by atoms with E-state index in [2.05, 4.69) is 32.7 Å². The summed E-state index contributed by atoms with van der Waals surface area (Å²) in [5, 5.41) is 7.54. The maximum absolute atomic E-state index is 11.2. The normalized spacial score (nSPS) is 11.5. The SMILES string of the molecule is CS(=O)(=O)CCNCCCc1ccc2ncnc(Nc3ccc(OCc4ccccc4)cc3)c2c1. The molecule has 3 aromatic carbocycles. The van der Waals surface area contributed by atoms with Crippen molar-refractivity contribution < 1.29 is 13.2 Å². The number of aromatic nitrogens is 2. The molecule has 0 aliphatic rings. The van der Waals surface area contributed by atoms with Crippen LogP contribution in [0, 0.1) is 0 Å². The number of nitrogens with one attached hydrogen (secondary N) is 2. The second-order valence-electron chi connectivity index (χ2n) is 8.48. The van der Waals surface area contributed by atoms with E-state index in [1.165, 1.54) is 11.8 Å². The summed E-state index contributed by atoms with van der Waals surface area (Å²) in [5.74, 6) is 1.72. The fourth-order valence-electron chi connectivity index (χ4n) is 3.67. The number of benzene rings is 3. The van der Waals surface area contributed by atoms with Crippen molar-refractivity contribution >= 4 is 32.2 Å². The van der Waals surface area contributed by atoms with Gasteiger partial charge >= 0.3 is 0 Å². The maximum Gasteiger partial charge on any atom is 0.148 e. The molecule has 182 valence electrons. The Hall–Kier alpha value is -3.49. The van der Waals surface area contributed by atoms with E-state index in [1.807, 2.05) is 60.7 Å². The van der Waals surface area contributed by atoms with Crippen molar-refractivity contribution in [1.29, 1.82) is 0 Å². The minimum Gasteiger partial charge on any atom is -0.489 e. The topological polar surface area (TPSA) is 93.2 Å². The number of fused-ring (bicyclic) bond motifs is 1. The highest BCUT2D eigenvalue weighted by Crippen LogP contribution is 2.26. The predicted octanol–water partition coefficient (Wildman–Crippen LogP) is 4.52. The number of hydrogen-bond donors (Lipinski definition) is 2. The molecule has 0 fully saturated rings. The molecule has 0 aliphatic heterocycles. The number of aryl methyl sites for hydroxylation is 1. The summed E-state index contributed by atoms with van der Waals surface area (Å²) in [4.78, 5) is 8.86. The summed E-state index contributed by atoms with van der Waals surface area (Å²) >= 11 is 0. The second kappa shape index (κ2) is 11.8. The second-order valence-corrected chi connectivity index (χ2v) is 10.7. The molecule has 0 bridgehead atoms. The van der Waals surface area contributed by atoms with Gasteiger partial charge in [0.25, 0.3) is 0 Å². The van der Waals surface area contributed by atoms with Crippen molar-refractivity contribution in [2.24, 2.45) is 0 Å². The number of rotatable bonds is 12. The van der Waals surface area contributed by atoms with Crippen LogP contribution in [0.25, 0.3) is 10.9 Å². The number of sulfone groups is 1. The molecule has 0 atom stereocenters. The molecule has 2 N–H and O–H groups in total. The number of hydrogen-bond acceptors (Lipinski definition) is 7. The first-order valence-electron chi connectivity index (χ1n) is 11.6. The molecular formula is C27H30N4O3S. The summed E-state index contributed by atoms with van der Waals surface area (Å²) in [6.45, 7) is 1.78. The molecular weight excluding hydrogens is 460 g/mol. The molecule has 8 heteroatoms. The van der Waals surface area contributed by atoms with Crippen LogP contribution in [0.15, 0.2) is 79.1 Å². The molecule has 7 nitrogen and oxygen atoms in total. The summed E-state index contributed by atoms with van der Waals surface area (Å²) in [6.07, 6.45) is 4.61. The van der Waals surface area contributed by atoms with Crippen molar-refractivity contribution in [2.75, 3.05) is 30.4 Å². The Morgan fingerprint density at radius 1 is 0.886 bits per heavy atom. The Labute approximate surface area is 206 Å². The third-order valence-electron chi connectivity index (χ3n) is 5.53. The number of nitrogens with zero attached hydrogens (tertiary/aromatic N) is 2. The van der Waals surface area contributed by atoms with Crippen LogP contribution in [0.2, 0.25) is 0 Å². The van der Waals surface area contributed by atoms with Gasteiger partial charge in [-0.25, -0.2) is 18.4 Å². The molecule has 35 heavy (non-hydrogen) atoms. The Bertz CT molecular complexity index is 1340. The maximum atomic E-state index is 11.2. The van der Waals surface area contributed by atoms with E-state index in [0.717, 1.165) is 53.1 Å². The van der Waals surface area contributed by atoms with E-state index in [4.69, 9.17) is 4.74 Å². The van der Waals surface area contributed by atoms with Gasteiger partial charge in [0.05, 0.1) is 11.3 Å². The van der Waals surface area contributed by atoms with Gasteiger partial charge in [-0.2, -0.15) is 0 Å². The highest BCUT2D eigenvalue weighted by Gasteiger charge is 2.07. The summed E-state index contributed by atoms with van der Waals surface area (Å²) in [7, 11) is -2.93. The Balaban J connectivity index is 1.35. The van der Waals surface area contributed by atoms with Crippen molar-refractivity contribution in [1.82, 2.24) is 15.3 Å². The molecule has 0 aliphatic carbocycles. The zero-order valence-corrected chi connectivity index (χ0v) is 20.6. The quantitative estimate of drug-likeness (QED) is 0.282. The first kappa shape index (κ1) is 24.6. The van der Waals surface area contributed by atoms with Crippen molar-refractivity contribution in [2.45, 2.75) is 19.4 Å². The third-order valence-corrected chi connectivity index (χ3v) is 6.48. The van der Waals surface area contributed by atoms with Crippen LogP contribution in [0.1, 0.15) is 17.5 Å². The minimum absolute atomic E-state index is 0.162. The van der Waals surface area contributed by atoms with Crippen molar-refractivity contribution in [3.63, 3.8) is 0 Å². The van der Waals surface area contributed by atoms with Gasteiger partial charge in [0.1, 0.15) is 34.3 Å².